The molecule has 0 saturated carbocycles. The van der Waals surface area contributed by atoms with Crippen LogP contribution in [-0.2, 0) is 12.6 Å². The Morgan fingerprint density at radius 2 is 1.72 bits per heavy atom. The van der Waals surface area contributed by atoms with Crippen LogP contribution in [0.4, 0.5) is 28.9 Å². The number of unbranched alkanes of at least 4 members (excludes halogenated alkanes) is 1. The van der Waals surface area contributed by atoms with E-state index in [1.807, 2.05) is 24.3 Å². The van der Waals surface area contributed by atoms with Crippen molar-refractivity contribution in [3.8, 4) is 0 Å². The smallest absolute Gasteiger partial charge is 0.332 e. The van der Waals surface area contributed by atoms with Gasteiger partial charge in [-0.05, 0) is 61.0 Å². The Labute approximate surface area is 149 Å². The Balaban J connectivity index is 2.02. The predicted molar refractivity (Wildman–Crippen MR) is 96.3 cm³/mol. The highest BCUT2D eigenvalue weighted by Crippen LogP contribution is 2.31. The van der Waals surface area contributed by atoms with Crippen LogP contribution in [0.25, 0.3) is 0 Å². The largest absolute Gasteiger partial charge is 0.416 e. The van der Waals surface area contributed by atoms with Gasteiger partial charge in [0.1, 0.15) is 5.82 Å². The molecule has 2 N–H and O–H groups in total. The van der Waals surface area contributed by atoms with E-state index in [4.69, 9.17) is 12.2 Å². The molecule has 2 rings (SSSR count). The topological polar surface area (TPSA) is 24.1 Å². The molecule has 0 aliphatic rings. The molecule has 0 heterocycles. The maximum atomic E-state index is 13.7. The number of aryl methyl sites for hydroxylation is 1. The van der Waals surface area contributed by atoms with E-state index in [1.165, 1.54) is 5.56 Å². The third kappa shape index (κ3) is 5.70. The van der Waals surface area contributed by atoms with E-state index < -0.39 is 17.6 Å². The molecule has 0 spiro atoms. The lowest BCUT2D eigenvalue weighted by molar-refractivity contribution is -0.137. The number of hydrogen-bond acceptors (Lipinski definition) is 1. The number of halogens is 4. The molecular weight excluding hydrogens is 352 g/mol. The first-order valence-electron chi connectivity index (χ1n) is 7.83. The molecule has 0 unspecified atom stereocenters. The van der Waals surface area contributed by atoms with Gasteiger partial charge < -0.3 is 10.6 Å². The van der Waals surface area contributed by atoms with Gasteiger partial charge in [0.25, 0.3) is 0 Å². The van der Waals surface area contributed by atoms with Gasteiger partial charge in [-0.25, -0.2) is 4.39 Å². The number of rotatable bonds is 5. The molecule has 0 fully saturated rings. The highest BCUT2D eigenvalue weighted by Gasteiger charge is 2.31. The van der Waals surface area contributed by atoms with Crippen LogP contribution in [0.3, 0.4) is 0 Å². The summed E-state index contributed by atoms with van der Waals surface area (Å²) in [6.45, 7) is 2.12. The number of hydrogen-bond donors (Lipinski definition) is 2. The first kappa shape index (κ1) is 19.2. The van der Waals surface area contributed by atoms with Crippen molar-refractivity contribution in [3.63, 3.8) is 0 Å². The minimum absolute atomic E-state index is 0.0135. The van der Waals surface area contributed by atoms with Crippen molar-refractivity contribution in [2.45, 2.75) is 32.4 Å². The summed E-state index contributed by atoms with van der Waals surface area (Å²) in [5.74, 6) is -0.813. The molecule has 0 aliphatic heterocycles. The van der Waals surface area contributed by atoms with E-state index in [2.05, 4.69) is 17.6 Å². The zero-order chi connectivity index (χ0) is 18.4. The van der Waals surface area contributed by atoms with Crippen LogP contribution in [0, 0.1) is 5.82 Å². The lowest BCUT2D eigenvalue weighted by atomic mass is 10.1. The van der Waals surface area contributed by atoms with Crippen molar-refractivity contribution in [2.75, 3.05) is 10.6 Å². The SMILES string of the molecule is CCCCc1ccc(NC(=S)Nc2cc(C(F)(F)F)ccc2F)cc1. The Morgan fingerprint density at radius 1 is 1.04 bits per heavy atom. The summed E-state index contributed by atoms with van der Waals surface area (Å²) in [5.41, 5.74) is 0.590. The van der Waals surface area contributed by atoms with E-state index in [9.17, 15) is 17.6 Å². The molecule has 134 valence electrons. The second-order valence-electron chi connectivity index (χ2n) is 5.57. The highest BCUT2D eigenvalue weighted by molar-refractivity contribution is 7.80. The number of anilines is 2. The van der Waals surface area contributed by atoms with Gasteiger partial charge in [-0.1, -0.05) is 25.5 Å². The maximum absolute atomic E-state index is 13.7. The fourth-order valence-electron chi connectivity index (χ4n) is 2.22. The van der Waals surface area contributed by atoms with Crippen LogP contribution in [-0.4, -0.2) is 5.11 Å². The molecule has 0 bridgehead atoms. The second kappa shape index (κ2) is 8.29. The summed E-state index contributed by atoms with van der Waals surface area (Å²) in [5, 5.41) is 5.31. The van der Waals surface area contributed by atoms with Crippen LogP contribution >= 0.6 is 12.2 Å². The third-order valence-corrected chi connectivity index (χ3v) is 3.78. The molecule has 0 aromatic heterocycles. The van der Waals surface area contributed by atoms with Crippen molar-refractivity contribution < 1.29 is 17.6 Å². The standard InChI is InChI=1S/C18H18F4N2S/c1-2-3-4-12-5-8-14(9-6-12)23-17(25)24-16-11-13(18(20,21)22)7-10-15(16)19/h5-11H,2-4H2,1H3,(H2,23,24,25). The van der Waals surface area contributed by atoms with E-state index in [-0.39, 0.29) is 10.8 Å². The highest BCUT2D eigenvalue weighted by atomic mass is 32.1. The van der Waals surface area contributed by atoms with E-state index in [1.54, 1.807) is 0 Å². The summed E-state index contributed by atoms with van der Waals surface area (Å²) < 4.78 is 51.8. The van der Waals surface area contributed by atoms with Gasteiger partial charge in [0.05, 0.1) is 11.3 Å². The number of nitrogens with one attached hydrogen (secondary N) is 2. The third-order valence-electron chi connectivity index (χ3n) is 3.57. The Bertz CT molecular complexity index is 727. The number of benzene rings is 2. The number of alkyl halides is 3. The minimum atomic E-state index is -4.55. The molecule has 0 atom stereocenters. The molecule has 0 saturated heterocycles. The summed E-state index contributed by atoms with van der Waals surface area (Å²) in [6.07, 6.45) is -1.36. The Hall–Kier alpha value is -2.15. The van der Waals surface area contributed by atoms with Gasteiger partial charge in [-0.2, -0.15) is 13.2 Å². The van der Waals surface area contributed by atoms with Crippen molar-refractivity contribution in [1.29, 1.82) is 0 Å². The molecule has 25 heavy (non-hydrogen) atoms. The summed E-state index contributed by atoms with van der Waals surface area (Å²) in [7, 11) is 0. The van der Waals surface area contributed by atoms with Crippen LogP contribution < -0.4 is 10.6 Å². The Morgan fingerprint density at radius 3 is 2.32 bits per heavy atom. The average molecular weight is 370 g/mol. The quantitative estimate of drug-likeness (QED) is 0.499. The van der Waals surface area contributed by atoms with Gasteiger partial charge >= 0.3 is 6.18 Å². The first-order chi connectivity index (χ1) is 11.8. The first-order valence-corrected chi connectivity index (χ1v) is 8.24. The van der Waals surface area contributed by atoms with Crippen molar-refractivity contribution >= 4 is 28.7 Å². The molecule has 7 heteroatoms. The monoisotopic (exact) mass is 370 g/mol. The van der Waals surface area contributed by atoms with Crippen molar-refractivity contribution in [3.05, 3.63) is 59.4 Å². The van der Waals surface area contributed by atoms with Gasteiger partial charge in [0, 0.05) is 5.69 Å². The number of thiocarbonyl (C=S) groups is 1. The van der Waals surface area contributed by atoms with Gasteiger partial charge in [0.15, 0.2) is 5.11 Å². The molecule has 0 radical (unpaired) electrons. The maximum Gasteiger partial charge on any atom is 0.416 e. The van der Waals surface area contributed by atoms with Crippen molar-refractivity contribution in [1.82, 2.24) is 0 Å². The molecule has 2 nitrogen and oxygen atoms in total. The second-order valence-corrected chi connectivity index (χ2v) is 5.98. The molecule has 2 aromatic carbocycles. The average Bonchev–Trinajstić information content (AvgIpc) is 2.55. The molecular formula is C18H18F4N2S. The van der Waals surface area contributed by atoms with E-state index in [0.29, 0.717) is 17.8 Å². The molecule has 0 amide bonds. The van der Waals surface area contributed by atoms with Gasteiger partial charge in [0.2, 0.25) is 0 Å². The lowest BCUT2D eigenvalue weighted by Crippen LogP contribution is -2.20. The van der Waals surface area contributed by atoms with Crippen LogP contribution in [0.2, 0.25) is 0 Å². The zero-order valence-corrected chi connectivity index (χ0v) is 14.4. The van der Waals surface area contributed by atoms with Gasteiger partial charge in [-0.15, -0.1) is 0 Å². The van der Waals surface area contributed by atoms with Crippen LogP contribution in [0.5, 0.6) is 0 Å². The molecule has 2 aromatic rings. The predicted octanol–water partition coefficient (Wildman–Crippen LogP) is 6.00. The van der Waals surface area contributed by atoms with Crippen LogP contribution in [0.15, 0.2) is 42.5 Å². The minimum Gasteiger partial charge on any atom is -0.332 e. The zero-order valence-electron chi connectivity index (χ0n) is 13.6. The molecule has 0 aliphatic carbocycles. The van der Waals surface area contributed by atoms with Gasteiger partial charge in [-0.3, -0.25) is 0 Å². The Kier molecular flexibility index (Phi) is 6.36. The summed E-state index contributed by atoms with van der Waals surface area (Å²) in [4.78, 5) is 0. The van der Waals surface area contributed by atoms with E-state index >= 15 is 0 Å². The lowest BCUT2D eigenvalue weighted by Gasteiger charge is -2.14. The fourth-order valence-corrected chi connectivity index (χ4v) is 2.45. The van der Waals surface area contributed by atoms with Crippen LogP contribution in [0.1, 0.15) is 30.9 Å². The normalized spacial score (nSPS) is 11.2. The van der Waals surface area contributed by atoms with E-state index in [0.717, 1.165) is 25.3 Å². The van der Waals surface area contributed by atoms with Crippen molar-refractivity contribution in [2.24, 2.45) is 0 Å². The summed E-state index contributed by atoms with van der Waals surface area (Å²) in [6, 6.07) is 9.68. The fraction of sp³-hybridized carbons (Fsp3) is 0.278. The summed E-state index contributed by atoms with van der Waals surface area (Å²) >= 11 is 5.05.